The number of aliphatic carboxylic acids is 1. The van der Waals surface area contributed by atoms with Gasteiger partial charge in [0.1, 0.15) is 0 Å². The highest BCUT2D eigenvalue weighted by atomic mass is 35.5. The Morgan fingerprint density at radius 2 is 1.82 bits per heavy atom. The molecule has 10 nitrogen and oxygen atoms in total. The molecule has 1 aromatic heterocycles. The van der Waals surface area contributed by atoms with Crippen molar-refractivity contribution in [3.05, 3.63) is 105 Å². The Labute approximate surface area is 226 Å². The summed E-state index contributed by atoms with van der Waals surface area (Å²) in [6, 6.07) is 19.8. The summed E-state index contributed by atoms with van der Waals surface area (Å²) in [5.74, 6) is -1.69. The van der Waals surface area contributed by atoms with Gasteiger partial charge in [-0.25, -0.2) is 10.2 Å². The molecule has 0 bridgehead atoms. The van der Waals surface area contributed by atoms with Gasteiger partial charge in [0, 0.05) is 46.5 Å². The molecule has 0 fully saturated rings. The van der Waals surface area contributed by atoms with Crippen LogP contribution in [0.25, 0.3) is 22.0 Å². The Balaban J connectivity index is 1.69. The number of benzene rings is 3. The number of H-pyrrole nitrogens is 1. The number of fused-ring (bicyclic) bond motifs is 1. The Kier molecular flexibility index (Phi) is 7.27. The number of pyridine rings is 1. The van der Waals surface area contributed by atoms with Gasteiger partial charge in [-0.15, -0.1) is 0 Å². The SMILES string of the molecule is O=C(O)CCC(=O)N1N=C(c2c(-c3ccccc3)c3cc(Cl)ccc3[nH]c2=O)CC1c1cccc([NH+]([O-])O)c1. The number of halogens is 1. The zero-order valence-electron chi connectivity index (χ0n) is 20.4. The number of hydrogen-bond acceptors (Lipinski definition) is 6. The van der Waals surface area contributed by atoms with Gasteiger partial charge < -0.3 is 15.3 Å². The quantitative estimate of drug-likeness (QED) is 0.259. The van der Waals surface area contributed by atoms with Gasteiger partial charge >= 0.3 is 5.97 Å². The summed E-state index contributed by atoms with van der Waals surface area (Å²) in [7, 11) is 0. The summed E-state index contributed by atoms with van der Waals surface area (Å²) < 4.78 is 0. The van der Waals surface area contributed by atoms with Crippen LogP contribution in [0.4, 0.5) is 5.69 Å². The summed E-state index contributed by atoms with van der Waals surface area (Å²) in [6.45, 7) is 0. The number of amides is 1. The Morgan fingerprint density at radius 3 is 2.54 bits per heavy atom. The summed E-state index contributed by atoms with van der Waals surface area (Å²) in [4.78, 5) is 40.7. The number of rotatable bonds is 7. The van der Waals surface area contributed by atoms with Crippen LogP contribution in [0.5, 0.6) is 0 Å². The number of carboxylic acids is 1. The molecule has 2 atom stereocenters. The molecule has 0 radical (unpaired) electrons. The van der Waals surface area contributed by atoms with Crippen molar-refractivity contribution in [2.75, 3.05) is 0 Å². The number of quaternary nitrogens is 1. The molecule has 1 aliphatic heterocycles. The second-order valence-corrected chi connectivity index (χ2v) is 9.53. The number of carbonyl (C=O) groups is 2. The van der Waals surface area contributed by atoms with E-state index in [-0.39, 0.29) is 24.1 Å². The normalized spacial score (nSPS) is 15.8. The molecule has 0 saturated carbocycles. The van der Waals surface area contributed by atoms with Crippen molar-refractivity contribution in [3.63, 3.8) is 0 Å². The van der Waals surface area contributed by atoms with E-state index in [4.69, 9.17) is 16.7 Å². The van der Waals surface area contributed by atoms with Gasteiger partial charge in [-0.2, -0.15) is 10.3 Å². The number of nitrogens with one attached hydrogen (secondary N) is 2. The van der Waals surface area contributed by atoms with Crippen LogP contribution in [-0.4, -0.2) is 37.9 Å². The molecule has 198 valence electrons. The van der Waals surface area contributed by atoms with E-state index in [1.165, 1.54) is 12.1 Å². The molecule has 4 aromatic rings. The van der Waals surface area contributed by atoms with Crippen LogP contribution in [-0.2, 0) is 9.59 Å². The summed E-state index contributed by atoms with van der Waals surface area (Å²) >= 11 is 6.33. The lowest BCUT2D eigenvalue weighted by molar-refractivity contribution is -0.991. The molecule has 3 aromatic carbocycles. The van der Waals surface area contributed by atoms with Crippen molar-refractivity contribution < 1.29 is 25.1 Å². The van der Waals surface area contributed by atoms with Gasteiger partial charge in [0.05, 0.1) is 23.7 Å². The summed E-state index contributed by atoms with van der Waals surface area (Å²) in [5.41, 5.74) is 2.59. The van der Waals surface area contributed by atoms with Crippen molar-refractivity contribution in [2.24, 2.45) is 5.10 Å². The van der Waals surface area contributed by atoms with E-state index in [0.29, 0.717) is 32.8 Å². The maximum Gasteiger partial charge on any atom is 0.303 e. The molecule has 0 saturated heterocycles. The fourth-order valence-electron chi connectivity index (χ4n) is 4.80. The molecule has 0 aliphatic carbocycles. The van der Waals surface area contributed by atoms with Gasteiger partial charge in [-0.05, 0) is 29.3 Å². The van der Waals surface area contributed by atoms with E-state index in [1.54, 1.807) is 30.3 Å². The molecule has 1 aliphatic rings. The first kappa shape index (κ1) is 26.3. The first-order valence-corrected chi connectivity index (χ1v) is 12.5. The average Bonchev–Trinajstić information content (AvgIpc) is 3.37. The van der Waals surface area contributed by atoms with Crippen molar-refractivity contribution in [1.29, 1.82) is 0 Å². The highest BCUT2D eigenvalue weighted by molar-refractivity contribution is 6.31. The number of nitrogens with zero attached hydrogens (tertiary/aromatic N) is 2. The zero-order chi connectivity index (χ0) is 27.7. The second-order valence-electron chi connectivity index (χ2n) is 9.09. The van der Waals surface area contributed by atoms with Gasteiger partial charge in [0.2, 0.25) is 5.91 Å². The molecule has 2 heterocycles. The van der Waals surface area contributed by atoms with Gasteiger partial charge in [0.15, 0.2) is 5.69 Å². The van der Waals surface area contributed by atoms with E-state index in [0.717, 1.165) is 10.6 Å². The maximum absolute atomic E-state index is 13.5. The predicted octanol–water partition coefficient (Wildman–Crippen LogP) is 3.79. The number of hydrogen-bond donors (Lipinski definition) is 4. The number of carboxylic acid groups (broad SMARTS) is 1. The van der Waals surface area contributed by atoms with E-state index in [2.05, 4.69) is 10.1 Å². The Bertz CT molecular complexity index is 1670. The van der Waals surface area contributed by atoms with Gasteiger partial charge in [-0.3, -0.25) is 14.4 Å². The van der Waals surface area contributed by atoms with E-state index >= 15 is 0 Å². The van der Waals surface area contributed by atoms with E-state index in [1.807, 2.05) is 30.3 Å². The minimum Gasteiger partial charge on any atom is -0.595 e. The minimum absolute atomic E-state index is 0.0297. The van der Waals surface area contributed by atoms with E-state index < -0.39 is 35.1 Å². The molecule has 1 amide bonds. The first-order valence-electron chi connectivity index (χ1n) is 12.1. The van der Waals surface area contributed by atoms with Crippen LogP contribution in [0, 0.1) is 5.21 Å². The fraction of sp³-hybridized carbons (Fsp3) is 0.143. The standard InChI is InChI=1S/C28H23ClN4O6/c29-18-9-10-21-20(14-18)26(16-5-2-1-3-6-16)27(28(37)30-21)22-15-23(17-7-4-8-19(13-17)33(38)39)32(31-22)24(34)11-12-25(35)36/h1-10,13-14,23,33,38H,11-12,15H2,(H,30,37)(H,35,36). The topological polar surface area (TPSA) is 151 Å². The molecule has 11 heteroatoms. The van der Waals surface area contributed by atoms with Crippen LogP contribution >= 0.6 is 11.6 Å². The average molecular weight is 547 g/mol. The maximum atomic E-state index is 13.5. The monoisotopic (exact) mass is 546 g/mol. The lowest BCUT2D eigenvalue weighted by atomic mass is 9.91. The van der Waals surface area contributed by atoms with Crippen molar-refractivity contribution in [1.82, 2.24) is 9.99 Å². The lowest BCUT2D eigenvalue weighted by Crippen LogP contribution is -2.99. The molecule has 5 rings (SSSR count). The first-order chi connectivity index (χ1) is 18.7. The number of carbonyl (C=O) groups excluding carboxylic acids is 1. The second kappa shape index (κ2) is 10.8. The van der Waals surface area contributed by atoms with E-state index in [9.17, 15) is 24.8 Å². The van der Waals surface area contributed by atoms with Gasteiger partial charge in [0.25, 0.3) is 5.56 Å². The van der Waals surface area contributed by atoms with Crippen LogP contribution in [0.3, 0.4) is 0 Å². The molecule has 39 heavy (non-hydrogen) atoms. The van der Waals surface area contributed by atoms with Gasteiger partial charge in [-0.1, -0.05) is 54.1 Å². The Hall–Kier alpha value is -4.35. The molecular formula is C28H23ClN4O6. The molecule has 0 spiro atoms. The van der Waals surface area contributed by atoms with Crippen LogP contribution in [0.1, 0.15) is 36.4 Å². The predicted molar refractivity (Wildman–Crippen MR) is 145 cm³/mol. The van der Waals surface area contributed by atoms with Crippen molar-refractivity contribution in [2.45, 2.75) is 25.3 Å². The summed E-state index contributed by atoms with van der Waals surface area (Å²) in [5, 5.41) is 36.0. The third-order valence-corrected chi connectivity index (χ3v) is 6.80. The number of hydrazone groups is 1. The van der Waals surface area contributed by atoms with Crippen LogP contribution in [0.15, 0.2) is 82.7 Å². The summed E-state index contributed by atoms with van der Waals surface area (Å²) in [6.07, 6.45) is -0.597. The highest BCUT2D eigenvalue weighted by Gasteiger charge is 2.35. The van der Waals surface area contributed by atoms with Crippen LogP contribution < -0.4 is 10.8 Å². The third-order valence-electron chi connectivity index (χ3n) is 6.56. The highest BCUT2D eigenvalue weighted by Crippen LogP contribution is 2.38. The molecular weight excluding hydrogens is 524 g/mol. The molecule has 2 unspecified atom stereocenters. The van der Waals surface area contributed by atoms with Crippen molar-refractivity contribution >= 4 is 45.8 Å². The molecule has 4 N–H and O–H groups in total. The third kappa shape index (κ3) is 5.31. The van der Waals surface area contributed by atoms with Crippen LogP contribution in [0.2, 0.25) is 5.02 Å². The minimum atomic E-state index is -1.13. The lowest BCUT2D eigenvalue weighted by Gasteiger charge is -2.22. The zero-order valence-corrected chi connectivity index (χ0v) is 21.2. The number of aromatic nitrogens is 1. The smallest absolute Gasteiger partial charge is 0.303 e. The largest absolute Gasteiger partial charge is 0.595 e. The number of aromatic amines is 1. The Morgan fingerprint density at radius 1 is 1.05 bits per heavy atom. The van der Waals surface area contributed by atoms with Crippen molar-refractivity contribution in [3.8, 4) is 11.1 Å². The fourth-order valence-corrected chi connectivity index (χ4v) is 4.98.